The Hall–Kier alpha value is -3.08. The molecule has 42 heavy (non-hydrogen) atoms. The summed E-state index contributed by atoms with van der Waals surface area (Å²) in [6.07, 6.45) is -0.200. The summed E-state index contributed by atoms with van der Waals surface area (Å²) in [5, 5.41) is 10.4. The van der Waals surface area contributed by atoms with Gasteiger partial charge in [-0.2, -0.15) is 0 Å². The molecule has 0 spiro atoms. The minimum Gasteiger partial charge on any atom is -0.508 e. The van der Waals surface area contributed by atoms with E-state index in [9.17, 15) is 37.5 Å². The molecule has 0 radical (unpaired) electrons. The lowest BCUT2D eigenvalue weighted by Crippen LogP contribution is -2.71. The summed E-state index contributed by atoms with van der Waals surface area (Å²) in [5.41, 5.74) is 6.45. The Kier molecular flexibility index (Phi) is 8.02. The molecule has 17 heteroatoms. The Balaban J connectivity index is 0.00000405. The number of phenolic OH excluding ortho intramolecular Hbond substituents is 1. The van der Waals surface area contributed by atoms with Gasteiger partial charge < -0.3 is 35.4 Å². The van der Waals surface area contributed by atoms with E-state index in [1.807, 2.05) is 0 Å². The molecule has 4 heterocycles. The van der Waals surface area contributed by atoms with Crippen molar-refractivity contribution in [3.8, 4) is 5.75 Å². The molecule has 2 unspecified atom stereocenters. The first-order valence-corrected chi connectivity index (χ1v) is 15.2. The van der Waals surface area contributed by atoms with Crippen LogP contribution in [0.25, 0.3) is 0 Å². The molecule has 4 fully saturated rings. The molecular weight excluding hydrogens is 616 g/mol. The Morgan fingerprint density at radius 1 is 1.07 bits per heavy atom. The minimum absolute atomic E-state index is 0. The van der Waals surface area contributed by atoms with Crippen molar-refractivity contribution in [1.29, 1.82) is 0 Å². The van der Waals surface area contributed by atoms with Crippen molar-refractivity contribution in [3.05, 3.63) is 29.8 Å². The summed E-state index contributed by atoms with van der Waals surface area (Å²) < 4.78 is 33.3. The number of β-lactam (4-membered cyclic amide) rings is 2. The van der Waals surface area contributed by atoms with E-state index in [0.29, 0.717) is 5.56 Å². The van der Waals surface area contributed by atoms with E-state index in [-0.39, 0.29) is 24.6 Å². The second kappa shape index (κ2) is 10.6. The monoisotopic (exact) mass is 646 g/mol. The zero-order valence-corrected chi connectivity index (χ0v) is 25.5. The van der Waals surface area contributed by atoms with Gasteiger partial charge in [-0.15, -0.1) is 24.2 Å². The number of carbonyl (C=O) groups is 5. The average molecular weight is 647 g/mol. The number of sulfone groups is 1. The highest BCUT2D eigenvalue weighted by Gasteiger charge is 2.68. The van der Waals surface area contributed by atoms with Crippen molar-refractivity contribution < 1.29 is 47.0 Å². The van der Waals surface area contributed by atoms with E-state index in [1.165, 1.54) is 54.8 Å². The molecule has 3 amide bonds. The molecule has 0 bridgehead atoms. The number of rotatable bonds is 7. The summed E-state index contributed by atoms with van der Waals surface area (Å²) >= 11 is 1.28. The lowest BCUT2D eigenvalue weighted by Gasteiger charge is -2.44. The number of nitrogens with zero attached hydrogens (tertiary/aromatic N) is 2. The van der Waals surface area contributed by atoms with Gasteiger partial charge in [0.15, 0.2) is 9.84 Å². The molecule has 1 aromatic carbocycles. The van der Waals surface area contributed by atoms with Crippen LogP contribution in [0, 0.1) is 0 Å². The second-order valence-electron chi connectivity index (χ2n) is 11.4. The first-order chi connectivity index (χ1) is 19.0. The summed E-state index contributed by atoms with van der Waals surface area (Å²) in [6.45, 7) is 5.29. The third-order valence-corrected chi connectivity index (χ3v) is 12.5. The summed E-state index contributed by atoms with van der Waals surface area (Å²) in [7, 11) is -3.81. The predicted octanol–water partition coefficient (Wildman–Crippen LogP) is -0.461. The van der Waals surface area contributed by atoms with Crippen LogP contribution in [0.2, 0.25) is 0 Å². The smallest absolute Gasteiger partial charge is 0.333 e. The summed E-state index contributed by atoms with van der Waals surface area (Å²) in [4.78, 5) is 65.9. The maximum atomic E-state index is 13.0. The predicted molar refractivity (Wildman–Crippen MR) is 149 cm³/mol. The van der Waals surface area contributed by atoms with Gasteiger partial charge in [-0.25, -0.2) is 18.0 Å². The highest BCUT2D eigenvalue weighted by Crippen LogP contribution is 2.51. The van der Waals surface area contributed by atoms with E-state index in [0.717, 1.165) is 4.90 Å². The third kappa shape index (κ3) is 4.68. The number of hydrogen-bond donors (Lipinski definition) is 3. The van der Waals surface area contributed by atoms with Crippen molar-refractivity contribution in [2.45, 2.75) is 78.5 Å². The van der Waals surface area contributed by atoms with E-state index in [1.54, 1.807) is 13.8 Å². The summed E-state index contributed by atoms with van der Waals surface area (Å²) in [5.74, 6) is -3.47. The lowest BCUT2D eigenvalue weighted by atomic mass is 9.95. The van der Waals surface area contributed by atoms with E-state index >= 15 is 0 Å². The SMILES string of the molecule is CC1(C)S[C@@H]2C(NC(=O)C(N)c3ccc(O)cc3)C(=O)N2[C@H]1C(=O)OCOC(=O)[C@@H]1N2C(=O)C[C@H]2S(=O)(=O)C1(C)C.Cl. The summed E-state index contributed by atoms with van der Waals surface area (Å²) in [6, 6.07) is 1.30. The van der Waals surface area contributed by atoms with Crippen LogP contribution in [-0.4, -0.2) is 98.1 Å². The molecule has 4 N–H and O–H groups in total. The number of amides is 3. The lowest BCUT2D eigenvalue weighted by molar-refractivity contribution is -0.181. The van der Waals surface area contributed by atoms with Crippen molar-refractivity contribution in [3.63, 3.8) is 0 Å². The fourth-order valence-electron chi connectivity index (χ4n) is 5.72. The molecule has 230 valence electrons. The molecule has 5 rings (SSSR count). The Bertz CT molecular complexity index is 1450. The number of nitrogens with one attached hydrogen (secondary N) is 1. The van der Waals surface area contributed by atoms with Gasteiger partial charge in [0.2, 0.25) is 24.5 Å². The Morgan fingerprint density at radius 3 is 2.21 bits per heavy atom. The zero-order valence-electron chi connectivity index (χ0n) is 23.0. The van der Waals surface area contributed by atoms with Gasteiger partial charge in [0.05, 0.1) is 11.2 Å². The molecule has 14 nitrogen and oxygen atoms in total. The third-order valence-electron chi connectivity index (χ3n) is 8.10. The molecule has 6 atom stereocenters. The van der Waals surface area contributed by atoms with E-state index in [2.05, 4.69) is 5.32 Å². The van der Waals surface area contributed by atoms with Gasteiger partial charge in [-0.05, 0) is 45.4 Å². The van der Waals surface area contributed by atoms with Crippen LogP contribution in [-0.2, 0) is 43.3 Å². The van der Waals surface area contributed by atoms with Crippen LogP contribution < -0.4 is 11.1 Å². The van der Waals surface area contributed by atoms with Crippen LogP contribution in [0.15, 0.2) is 24.3 Å². The number of halogens is 1. The van der Waals surface area contributed by atoms with Crippen LogP contribution in [0.1, 0.15) is 45.7 Å². The second-order valence-corrected chi connectivity index (χ2v) is 15.8. The highest BCUT2D eigenvalue weighted by molar-refractivity contribution is 8.01. The molecule has 1 aromatic rings. The zero-order chi connectivity index (χ0) is 30.2. The number of hydrogen-bond acceptors (Lipinski definition) is 12. The van der Waals surface area contributed by atoms with Gasteiger partial charge in [-0.1, -0.05) is 12.1 Å². The van der Waals surface area contributed by atoms with Gasteiger partial charge in [0.25, 0.3) is 0 Å². The van der Waals surface area contributed by atoms with Crippen molar-refractivity contribution in [1.82, 2.24) is 15.1 Å². The molecule has 0 saturated carbocycles. The molecule has 0 aliphatic carbocycles. The quantitative estimate of drug-likeness (QED) is 0.196. The van der Waals surface area contributed by atoms with Crippen molar-refractivity contribution in [2.75, 3.05) is 6.79 Å². The van der Waals surface area contributed by atoms with Crippen LogP contribution >= 0.6 is 24.2 Å². The normalized spacial score (nSPS) is 30.1. The number of thioether (sulfide) groups is 1. The molecule has 0 aromatic heterocycles. The number of nitrogens with two attached hydrogens (primary N) is 1. The average Bonchev–Trinajstić information content (AvgIpc) is 3.22. The van der Waals surface area contributed by atoms with Gasteiger partial charge in [0.1, 0.15) is 40.7 Å². The molecule has 4 saturated heterocycles. The van der Waals surface area contributed by atoms with Crippen LogP contribution in [0.5, 0.6) is 5.75 Å². The minimum atomic E-state index is -3.81. The first-order valence-electron chi connectivity index (χ1n) is 12.7. The van der Waals surface area contributed by atoms with E-state index < -0.39 is 90.7 Å². The number of phenols is 1. The maximum absolute atomic E-state index is 13.0. The molecular formula is C25H31ClN4O10S2. The fraction of sp³-hybridized carbons (Fsp3) is 0.560. The first kappa shape index (κ1) is 31.8. The maximum Gasteiger partial charge on any atom is 0.333 e. The highest BCUT2D eigenvalue weighted by atomic mass is 35.5. The van der Waals surface area contributed by atoms with Gasteiger partial charge in [0, 0.05) is 4.75 Å². The Labute approximate surface area is 251 Å². The van der Waals surface area contributed by atoms with Gasteiger partial charge >= 0.3 is 11.9 Å². The van der Waals surface area contributed by atoms with Crippen LogP contribution in [0.3, 0.4) is 0 Å². The number of esters is 2. The number of fused-ring (bicyclic) bond motifs is 2. The van der Waals surface area contributed by atoms with Crippen molar-refractivity contribution in [2.24, 2.45) is 5.73 Å². The standard InChI is InChI=1S/C25H30N4O10S2.ClH/c1-24(2)17(22(34)38-10-39-23(35)18-25(3,4)41(36,37)14-9-13(31)28(14)18)29-20(33)16(21(29)40-24)27-19(32)15(26)11-5-7-12(30)8-6-11;/h5-8,14-18,21,30H,9-10,26H2,1-4H3,(H,27,32);1H/t14-,15?,16?,17+,18+,21-;/m1./s1. The Morgan fingerprint density at radius 2 is 1.64 bits per heavy atom. The number of benzene rings is 1. The largest absolute Gasteiger partial charge is 0.508 e. The number of aromatic hydroxyl groups is 1. The topological polar surface area (TPSA) is 203 Å². The van der Waals surface area contributed by atoms with Crippen LogP contribution in [0.4, 0.5) is 0 Å². The molecule has 4 aliphatic heterocycles. The van der Waals surface area contributed by atoms with Gasteiger partial charge in [-0.3, -0.25) is 14.4 Å². The van der Waals surface area contributed by atoms with E-state index in [4.69, 9.17) is 15.2 Å². The fourth-order valence-corrected chi connectivity index (χ4v) is 9.46. The molecule has 4 aliphatic rings. The van der Waals surface area contributed by atoms with Crippen molar-refractivity contribution >= 4 is 63.7 Å². The number of ether oxygens (including phenoxy) is 2. The number of carbonyl (C=O) groups excluding carboxylic acids is 5.